The molecule has 0 bridgehead atoms. The Morgan fingerprint density at radius 2 is 1.76 bits per heavy atom. The molecule has 1 aromatic heterocycles. The summed E-state index contributed by atoms with van der Waals surface area (Å²) in [5.41, 5.74) is -0.383. The lowest BCUT2D eigenvalue weighted by Crippen LogP contribution is -2.28. The zero-order valence-electron chi connectivity index (χ0n) is 11.5. The van der Waals surface area contributed by atoms with Crippen LogP contribution in [0.15, 0.2) is 6.07 Å². The minimum absolute atomic E-state index is 0.140. The molecule has 0 saturated heterocycles. The average molecular weight is 257 g/mol. The van der Waals surface area contributed by atoms with Crippen molar-refractivity contribution in [3.05, 3.63) is 17.0 Å². The summed E-state index contributed by atoms with van der Waals surface area (Å²) in [7, 11) is 0. The first-order chi connectivity index (χ1) is 7.64. The molecular formula is C13H21ClN2O. The molecule has 1 rings (SSSR count). The van der Waals surface area contributed by atoms with Crippen LogP contribution in [-0.4, -0.2) is 15.6 Å². The Morgan fingerprint density at radius 3 is 2.24 bits per heavy atom. The third-order valence-electron chi connectivity index (χ3n) is 2.57. The first-order valence-electron chi connectivity index (χ1n) is 5.88. The van der Waals surface area contributed by atoms with Gasteiger partial charge in [-0.15, -0.1) is 0 Å². The number of aromatic nitrogens is 2. The maximum Gasteiger partial charge on any atom is 0.218 e. The van der Waals surface area contributed by atoms with Crippen molar-refractivity contribution in [3.63, 3.8) is 0 Å². The number of nitrogens with zero attached hydrogens (tertiary/aromatic N) is 2. The van der Waals surface area contributed by atoms with E-state index < -0.39 is 0 Å². The largest absolute Gasteiger partial charge is 0.472 e. The lowest BCUT2D eigenvalue weighted by atomic mass is 9.96. The first kappa shape index (κ1) is 14.2. The van der Waals surface area contributed by atoms with E-state index in [2.05, 4.69) is 16.9 Å². The van der Waals surface area contributed by atoms with Crippen LogP contribution in [0.4, 0.5) is 0 Å². The molecule has 96 valence electrons. The van der Waals surface area contributed by atoms with Crippen LogP contribution < -0.4 is 4.74 Å². The second-order valence-corrected chi connectivity index (χ2v) is 6.21. The van der Waals surface area contributed by atoms with Crippen LogP contribution in [0, 0.1) is 0 Å². The number of hydrogen-bond acceptors (Lipinski definition) is 3. The molecule has 17 heavy (non-hydrogen) atoms. The molecule has 0 atom stereocenters. The van der Waals surface area contributed by atoms with Crippen LogP contribution in [0.3, 0.4) is 0 Å². The lowest BCUT2D eigenvalue weighted by molar-refractivity contribution is 0.0981. The number of halogens is 1. The van der Waals surface area contributed by atoms with Gasteiger partial charge in [0.25, 0.3) is 0 Å². The first-order valence-corrected chi connectivity index (χ1v) is 6.26. The summed E-state index contributed by atoms with van der Waals surface area (Å²) >= 11 is 6.00. The van der Waals surface area contributed by atoms with Gasteiger partial charge in [-0.05, 0) is 20.3 Å². The maximum atomic E-state index is 6.00. The minimum atomic E-state index is -0.243. The van der Waals surface area contributed by atoms with Gasteiger partial charge in [0.1, 0.15) is 16.6 Å². The van der Waals surface area contributed by atoms with Gasteiger partial charge in [-0.2, -0.15) is 4.98 Å². The van der Waals surface area contributed by atoms with Crippen molar-refractivity contribution in [2.24, 2.45) is 0 Å². The Labute approximate surface area is 109 Å². The summed E-state index contributed by atoms with van der Waals surface area (Å²) in [4.78, 5) is 8.66. The molecule has 0 amide bonds. The Morgan fingerprint density at radius 1 is 1.18 bits per heavy atom. The Hall–Kier alpha value is -0.830. The van der Waals surface area contributed by atoms with E-state index >= 15 is 0 Å². The number of hydrogen-bond donors (Lipinski definition) is 0. The van der Waals surface area contributed by atoms with Crippen LogP contribution >= 0.6 is 11.6 Å². The zero-order chi connectivity index (χ0) is 13.3. The Balaban J connectivity index is 3.06. The fraction of sp³-hybridized carbons (Fsp3) is 0.692. The summed E-state index contributed by atoms with van der Waals surface area (Å²) in [5, 5.41) is 0.423. The quantitative estimate of drug-likeness (QED) is 0.767. The normalized spacial score (nSPS) is 12.6. The highest BCUT2D eigenvalue weighted by atomic mass is 35.5. The van der Waals surface area contributed by atoms with E-state index in [9.17, 15) is 0 Å². The van der Waals surface area contributed by atoms with Crippen molar-refractivity contribution in [2.75, 3.05) is 0 Å². The summed E-state index contributed by atoms with van der Waals surface area (Å²) in [6, 6.07) is 1.66. The molecule has 1 heterocycles. The van der Waals surface area contributed by atoms with E-state index in [4.69, 9.17) is 16.3 Å². The van der Waals surface area contributed by atoms with Crippen molar-refractivity contribution in [1.82, 2.24) is 9.97 Å². The molecule has 0 radical (unpaired) electrons. The van der Waals surface area contributed by atoms with Gasteiger partial charge in [-0.1, -0.05) is 39.3 Å². The fourth-order valence-corrected chi connectivity index (χ4v) is 1.31. The van der Waals surface area contributed by atoms with Crippen molar-refractivity contribution < 1.29 is 4.74 Å². The van der Waals surface area contributed by atoms with Crippen molar-refractivity contribution in [2.45, 2.75) is 59.0 Å². The highest BCUT2D eigenvalue weighted by Gasteiger charge is 2.22. The third-order valence-corrected chi connectivity index (χ3v) is 2.77. The van der Waals surface area contributed by atoms with Crippen molar-refractivity contribution >= 4 is 11.6 Å². The van der Waals surface area contributed by atoms with Crippen LogP contribution in [0.5, 0.6) is 5.88 Å². The molecule has 0 aliphatic rings. The molecule has 0 N–H and O–H groups in total. The SMILES string of the molecule is CCC(C)(C)Oc1cc(Cl)nc(C(C)(C)C)n1. The zero-order valence-corrected chi connectivity index (χ0v) is 12.2. The smallest absolute Gasteiger partial charge is 0.218 e. The highest BCUT2D eigenvalue weighted by molar-refractivity contribution is 6.29. The van der Waals surface area contributed by atoms with Crippen LogP contribution in [0.2, 0.25) is 5.15 Å². The van der Waals surface area contributed by atoms with E-state index in [0.717, 1.165) is 6.42 Å². The van der Waals surface area contributed by atoms with Gasteiger partial charge in [-0.25, -0.2) is 4.98 Å². The van der Waals surface area contributed by atoms with Crippen LogP contribution in [-0.2, 0) is 5.41 Å². The summed E-state index contributed by atoms with van der Waals surface area (Å²) < 4.78 is 5.83. The minimum Gasteiger partial charge on any atom is -0.472 e. The average Bonchev–Trinajstić information content (AvgIpc) is 2.14. The molecule has 0 aliphatic heterocycles. The number of rotatable bonds is 3. The predicted molar refractivity (Wildman–Crippen MR) is 70.7 cm³/mol. The van der Waals surface area contributed by atoms with E-state index in [1.807, 2.05) is 34.6 Å². The molecule has 0 saturated carbocycles. The van der Waals surface area contributed by atoms with Crippen LogP contribution in [0.1, 0.15) is 53.8 Å². The highest BCUT2D eigenvalue weighted by Crippen LogP contribution is 2.26. The van der Waals surface area contributed by atoms with E-state index in [1.54, 1.807) is 6.07 Å². The summed E-state index contributed by atoms with van der Waals surface area (Å²) in [5.74, 6) is 1.24. The standard InChI is InChI=1S/C13H21ClN2O/c1-7-13(5,6)17-10-8-9(14)15-11(16-10)12(2,3)4/h8H,7H2,1-6H3. The van der Waals surface area contributed by atoms with Crippen molar-refractivity contribution in [3.8, 4) is 5.88 Å². The van der Waals surface area contributed by atoms with Gasteiger partial charge in [-0.3, -0.25) is 0 Å². The molecule has 0 aliphatic carbocycles. The summed E-state index contributed by atoms with van der Waals surface area (Å²) in [6.07, 6.45) is 0.902. The third kappa shape index (κ3) is 4.15. The van der Waals surface area contributed by atoms with Gasteiger partial charge in [0.05, 0.1) is 0 Å². The fourth-order valence-electron chi connectivity index (χ4n) is 1.14. The second kappa shape index (κ2) is 4.81. The molecule has 0 fully saturated rings. The number of ether oxygens (including phenoxy) is 1. The monoisotopic (exact) mass is 256 g/mol. The van der Waals surface area contributed by atoms with Gasteiger partial charge < -0.3 is 4.74 Å². The van der Waals surface area contributed by atoms with Gasteiger partial charge in [0.2, 0.25) is 5.88 Å². The molecule has 0 aromatic carbocycles. The molecule has 4 heteroatoms. The summed E-state index contributed by atoms with van der Waals surface area (Å²) in [6.45, 7) is 12.3. The molecule has 1 aromatic rings. The molecule has 3 nitrogen and oxygen atoms in total. The second-order valence-electron chi connectivity index (χ2n) is 5.82. The van der Waals surface area contributed by atoms with Gasteiger partial charge >= 0.3 is 0 Å². The van der Waals surface area contributed by atoms with E-state index in [-0.39, 0.29) is 11.0 Å². The molecule has 0 unspecified atom stereocenters. The van der Waals surface area contributed by atoms with E-state index in [1.165, 1.54) is 0 Å². The molecule has 0 spiro atoms. The van der Waals surface area contributed by atoms with Gasteiger partial charge in [0, 0.05) is 11.5 Å². The van der Waals surface area contributed by atoms with E-state index in [0.29, 0.717) is 16.9 Å². The lowest BCUT2D eigenvalue weighted by Gasteiger charge is -2.25. The van der Waals surface area contributed by atoms with Gasteiger partial charge in [0.15, 0.2) is 0 Å². The van der Waals surface area contributed by atoms with Crippen LogP contribution in [0.25, 0.3) is 0 Å². The topological polar surface area (TPSA) is 35.0 Å². The van der Waals surface area contributed by atoms with Crippen molar-refractivity contribution in [1.29, 1.82) is 0 Å². The Kier molecular flexibility index (Phi) is 4.03. The predicted octanol–water partition coefficient (Wildman–Crippen LogP) is 3.99. The maximum absolute atomic E-state index is 6.00. The Bertz CT molecular complexity index is 397. The molecular weight excluding hydrogens is 236 g/mol.